The SMILES string of the molecule is Nc1ccccc1Sc1nncc2ccccc12. The fraction of sp³-hybridized carbons (Fsp3) is 0. The number of para-hydroxylation sites is 1. The molecule has 3 rings (SSSR count). The Morgan fingerprint density at radius 1 is 0.944 bits per heavy atom. The molecule has 0 saturated carbocycles. The molecule has 18 heavy (non-hydrogen) atoms. The van der Waals surface area contributed by atoms with Crippen molar-refractivity contribution in [3.05, 3.63) is 54.7 Å². The van der Waals surface area contributed by atoms with Crippen molar-refractivity contribution < 1.29 is 0 Å². The van der Waals surface area contributed by atoms with Gasteiger partial charge in [0, 0.05) is 21.4 Å². The van der Waals surface area contributed by atoms with Gasteiger partial charge in [0.15, 0.2) is 0 Å². The van der Waals surface area contributed by atoms with Gasteiger partial charge in [0.1, 0.15) is 5.03 Å². The highest BCUT2D eigenvalue weighted by atomic mass is 32.2. The number of anilines is 1. The van der Waals surface area contributed by atoms with Crippen LogP contribution in [0.25, 0.3) is 10.8 Å². The van der Waals surface area contributed by atoms with E-state index in [-0.39, 0.29) is 0 Å². The number of benzene rings is 2. The maximum Gasteiger partial charge on any atom is 0.131 e. The maximum atomic E-state index is 5.94. The summed E-state index contributed by atoms with van der Waals surface area (Å²) < 4.78 is 0. The van der Waals surface area contributed by atoms with E-state index in [4.69, 9.17) is 5.73 Å². The Bertz CT molecular complexity index is 692. The number of nitrogen functional groups attached to an aromatic ring is 1. The van der Waals surface area contributed by atoms with Crippen LogP contribution in [-0.2, 0) is 0 Å². The first kappa shape index (κ1) is 11.0. The van der Waals surface area contributed by atoms with Gasteiger partial charge >= 0.3 is 0 Å². The molecule has 0 aliphatic carbocycles. The number of nitrogens with zero attached hydrogens (tertiary/aromatic N) is 2. The average molecular weight is 253 g/mol. The zero-order valence-corrected chi connectivity index (χ0v) is 10.4. The minimum atomic E-state index is 0.761. The molecule has 0 aliphatic rings. The van der Waals surface area contributed by atoms with E-state index < -0.39 is 0 Å². The zero-order valence-electron chi connectivity index (χ0n) is 9.58. The molecule has 0 unspecified atom stereocenters. The van der Waals surface area contributed by atoms with Crippen LogP contribution in [0.15, 0.2) is 64.6 Å². The largest absolute Gasteiger partial charge is 0.398 e. The lowest BCUT2D eigenvalue weighted by Gasteiger charge is -2.06. The molecule has 0 saturated heterocycles. The van der Waals surface area contributed by atoms with Crippen LogP contribution >= 0.6 is 11.8 Å². The van der Waals surface area contributed by atoms with E-state index in [0.717, 1.165) is 26.4 Å². The van der Waals surface area contributed by atoms with Crippen molar-refractivity contribution in [3.63, 3.8) is 0 Å². The third-order valence-electron chi connectivity index (χ3n) is 2.66. The quantitative estimate of drug-likeness (QED) is 0.711. The summed E-state index contributed by atoms with van der Waals surface area (Å²) in [6.45, 7) is 0. The standard InChI is InChI=1S/C14H11N3S/c15-12-7-3-4-8-13(12)18-14-11-6-2-1-5-10(11)9-16-17-14/h1-9H,15H2. The molecule has 4 heteroatoms. The number of hydrogen-bond acceptors (Lipinski definition) is 4. The van der Waals surface area contributed by atoms with Crippen molar-refractivity contribution in [1.82, 2.24) is 10.2 Å². The van der Waals surface area contributed by atoms with Gasteiger partial charge in [-0.15, -0.1) is 5.10 Å². The normalized spacial score (nSPS) is 10.7. The first-order valence-electron chi connectivity index (χ1n) is 5.57. The van der Waals surface area contributed by atoms with E-state index in [1.807, 2.05) is 48.5 Å². The molecule has 1 heterocycles. The van der Waals surface area contributed by atoms with Gasteiger partial charge in [-0.1, -0.05) is 48.2 Å². The smallest absolute Gasteiger partial charge is 0.131 e. The summed E-state index contributed by atoms with van der Waals surface area (Å²) in [5, 5.41) is 11.3. The van der Waals surface area contributed by atoms with Gasteiger partial charge in [-0.2, -0.15) is 5.10 Å². The molecule has 2 aromatic carbocycles. The average Bonchev–Trinajstić information content (AvgIpc) is 2.42. The summed E-state index contributed by atoms with van der Waals surface area (Å²) in [6, 6.07) is 15.8. The first-order chi connectivity index (χ1) is 8.84. The molecule has 0 bridgehead atoms. The Hall–Kier alpha value is -2.07. The van der Waals surface area contributed by atoms with Crippen LogP contribution in [0, 0.1) is 0 Å². The van der Waals surface area contributed by atoms with E-state index in [1.54, 1.807) is 18.0 Å². The second kappa shape index (κ2) is 4.66. The molecule has 88 valence electrons. The fourth-order valence-electron chi connectivity index (χ4n) is 1.75. The van der Waals surface area contributed by atoms with Crippen molar-refractivity contribution in [3.8, 4) is 0 Å². The van der Waals surface area contributed by atoms with Crippen molar-refractivity contribution in [2.45, 2.75) is 9.92 Å². The third-order valence-corrected chi connectivity index (χ3v) is 3.75. The summed E-state index contributed by atoms with van der Waals surface area (Å²) >= 11 is 1.55. The Kier molecular flexibility index (Phi) is 2.86. The van der Waals surface area contributed by atoms with E-state index in [0.29, 0.717) is 0 Å². The van der Waals surface area contributed by atoms with Crippen LogP contribution in [0.2, 0.25) is 0 Å². The first-order valence-corrected chi connectivity index (χ1v) is 6.39. The topological polar surface area (TPSA) is 51.8 Å². The second-order valence-corrected chi connectivity index (χ2v) is 4.91. The summed E-state index contributed by atoms with van der Waals surface area (Å²) in [5.41, 5.74) is 6.70. The highest BCUT2D eigenvalue weighted by Crippen LogP contribution is 2.33. The van der Waals surface area contributed by atoms with E-state index in [2.05, 4.69) is 10.2 Å². The molecular weight excluding hydrogens is 242 g/mol. The third kappa shape index (κ3) is 2.02. The van der Waals surface area contributed by atoms with Crippen molar-refractivity contribution in [2.75, 3.05) is 5.73 Å². The lowest BCUT2D eigenvalue weighted by atomic mass is 10.2. The van der Waals surface area contributed by atoms with Crippen LogP contribution in [0.5, 0.6) is 0 Å². The Labute approximate surface area is 109 Å². The molecule has 3 nitrogen and oxygen atoms in total. The molecular formula is C14H11N3S. The summed E-state index contributed by atoms with van der Waals surface area (Å²) in [6.07, 6.45) is 1.77. The monoisotopic (exact) mass is 253 g/mol. The fourth-order valence-corrected chi connectivity index (χ4v) is 2.68. The molecule has 0 amide bonds. The number of aromatic nitrogens is 2. The molecule has 3 aromatic rings. The van der Waals surface area contributed by atoms with Crippen LogP contribution < -0.4 is 5.73 Å². The lowest BCUT2D eigenvalue weighted by Crippen LogP contribution is -1.90. The number of rotatable bonds is 2. The van der Waals surface area contributed by atoms with Gasteiger partial charge in [0.05, 0.1) is 6.20 Å². The second-order valence-electron chi connectivity index (χ2n) is 3.88. The summed E-state index contributed by atoms with van der Waals surface area (Å²) in [7, 11) is 0. The number of nitrogens with two attached hydrogens (primary N) is 1. The van der Waals surface area contributed by atoms with Gasteiger partial charge in [-0.25, -0.2) is 0 Å². The molecule has 0 aliphatic heterocycles. The molecule has 1 aromatic heterocycles. The van der Waals surface area contributed by atoms with Gasteiger partial charge in [0.25, 0.3) is 0 Å². The van der Waals surface area contributed by atoms with Crippen LogP contribution in [-0.4, -0.2) is 10.2 Å². The van der Waals surface area contributed by atoms with E-state index >= 15 is 0 Å². The Morgan fingerprint density at radius 2 is 1.72 bits per heavy atom. The van der Waals surface area contributed by atoms with Crippen molar-refractivity contribution in [2.24, 2.45) is 0 Å². The highest BCUT2D eigenvalue weighted by Gasteiger charge is 2.06. The minimum absolute atomic E-state index is 0.761. The van der Waals surface area contributed by atoms with Crippen LogP contribution in [0.3, 0.4) is 0 Å². The predicted octanol–water partition coefficient (Wildman–Crippen LogP) is 3.36. The number of fused-ring (bicyclic) bond motifs is 1. The van der Waals surface area contributed by atoms with Crippen molar-refractivity contribution in [1.29, 1.82) is 0 Å². The van der Waals surface area contributed by atoms with Gasteiger partial charge in [0.2, 0.25) is 0 Å². The zero-order chi connectivity index (χ0) is 12.4. The van der Waals surface area contributed by atoms with Gasteiger partial charge < -0.3 is 5.73 Å². The Morgan fingerprint density at radius 3 is 2.61 bits per heavy atom. The van der Waals surface area contributed by atoms with Crippen LogP contribution in [0.1, 0.15) is 0 Å². The van der Waals surface area contributed by atoms with Crippen molar-refractivity contribution >= 4 is 28.2 Å². The molecule has 0 spiro atoms. The van der Waals surface area contributed by atoms with Gasteiger partial charge in [-0.05, 0) is 12.1 Å². The lowest BCUT2D eigenvalue weighted by molar-refractivity contribution is 0.956. The minimum Gasteiger partial charge on any atom is -0.398 e. The number of hydrogen-bond donors (Lipinski definition) is 1. The highest BCUT2D eigenvalue weighted by molar-refractivity contribution is 7.99. The molecule has 0 fully saturated rings. The van der Waals surface area contributed by atoms with E-state index in [1.165, 1.54) is 0 Å². The van der Waals surface area contributed by atoms with Crippen LogP contribution in [0.4, 0.5) is 5.69 Å². The predicted molar refractivity (Wildman–Crippen MR) is 74.5 cm³/mol. The Balaban J connectivity index is 2.08. The summed E-state index contributed by atoms with van der Waals surface area (Å²) in [4.78, 5) is 1.00. The molecule has 2 N–H and O–H groups in total. The van der Waals surface area contributed by atoms with E-state index in [9.17, 15) is 0 Å². The molecule has 0 radical (unpaired) electrons. The van der Waals surface area contributed by atoms with Gasteiger partial charge in [-0.3, -0.25) is 0 Å². The molecule has 0 atom stereocenters. The maximum absolute atomic E-state index is 5.94. The summed E-state index contributed by atoms with van der Waals surface area (Å²) in [5.74, 6) is 0.